The summed E-state index contributed by atoms with van der Waals surface area (Å²) in [6.45, 7) is 5.23. The number of benzene rings is 1. The Bertz CT molecular complexity index is 425. The van der Waals surface area contributed by atoms with Crippen molar-refractivity contribution in [3.05, 3.63) is 33.3 Å². The first kappa shape index (κ1) is 15.3. The Morgan fingerprint density at radius 3 is 2.95 bits per heavy atom. The van der Waals surface area contributed by atoms with Crippen LogP contribution < -0.4 is 5.73 Å². The van der Waals surface area contributed by atoms with Crippen molar-refractivity contribution in [1.29, 1.82) is 0 Å². The monoisotopic (exact) mass is 344 g/mol. The van der Waals surface area contributed by atoms with Crippen LogP contribution in [0.1, 0.15) is 37.8 Å². The van der Waals surface area contributed by atoms with E-state index in [0.29, 0.717) is 6.54 Å². The van der Waals surface area contributed by atoms with Gasteiger partial charge < -0.3 is 5.73 Å². The van der Waals surface area contributed by atoms with Crippen LogP contribution in [0, 0.1) is 5.92 Å². The summed E-state index contributed by atoms with van der Waals surface area (Å²) in [5, 5.41) is 0.778. The number of nitrogens with two attached hydrogens (primary N) is 1. The molecule has 2 atom stereocenters. The van der Waals surface area contributed by atoms with Crippen molar-refractivity contribution in [2.75, 3.05) is 19.6 Å². The number of rotatable bonds is 3. The van der Waals surface area contributed by atoms with Gasteiger partial charge in [-0.05, 0) is 62.0 Å². The molecule has 106 valence electrons. The predicted octanol–water partition coefficient (Wildman–Crippen LogP) is 4.22. The lowest BCUT2D eigenvalue weighted by Crippen LogP contribution is -2.34. The van der Waals surface area contributed by atoms with Crippen molar-refractivity contribution in [1.82, 2.24) is 4.90 Å². The van der Waals surface area contributed by atoms with E-state index in [0.717, 1.165) is 28.5 Å². The molecular weight excluding hydrogens is 324 g/mol. The number of nitrogens with zero attached hydrogens (tertiary/aromatic N) is 1. The van der Waals surface area contributed by atoms with E-state index in [2.05, 4.69) is 27.8 Å². The Balaban J connectivity index is 2.21. The molecule has 0 amide bonds. The molecule has 0 aliphatic carbocycles. The minimum Gasteiger partial charge on any atom is -0.329 e. The van der Waals surface area contributed by atoms with Gasteiger partial charge in [-0.25, -0.2) is 0 Å². The molecule has 0 saturated carbocycles. The predicted molar refractivity (Wildman–Crippen MR) is 85.5 cm³/mol. The molecule has 1 aromatic carbocycles. The maximum Gasteiger partial charge on any atom is 0.0482 e. The highest BCUT2D eigenvalue weighted by Crippen LogP contribution is 2.31. The minimum absolute atomic E-state index is 0.262. The van der Waals surface area contributed by atoms with Crippen LogP contribution >= 0.6 is 27.5 Å². The fourth-order valence-corrected chi connectivity index (χ4v) is 3.53. The highest BCUT2D eigenvalue weighted by Gasteiger charge is 2.23. The molecule has 1 saturated heterocycles. The lowest BCUT2D eigenvalue weighted by Gasteiger charge is -2.31. The Kier molecular flexibility index (Phi) is 5.70. The summed E-state index contributed by atoms with van der Waals surface area (Å²) in [4.78, 5) is 2.51. The van der Waals surface area contributed by atoms with E-state index in [-0.39, 0.29) is 6.04 Å². The van der Waals surface area contributed by atoms with Gasteiger partial charge in [0.25, 0.3) is 0 Å². The lowest BCUT2D eigenvalue weighted by molar-refractivity contribution is 0.207. The highest BCUT2D eigenvalue weighted by atomic mass is 79.9. The molecule has 2 nitrogen and oxygen atoms in total. The quantitative estimate of drug-likeness (QED) is 0.888. The van der Waals surface area contributed by atoms with Gasteiger partial charge >= 0.3 is 0 Å². The Morgan fingerprint density at radius 2 is 2.21 bits per heavy atom. The first-order valence-corrected chi connectivity index (χ1v) is 8.18. The van der Waals surface area contributed by atoms with Crippen molar-refractivity contribution in [2.45, 2.75) is 32.2 Å². The summed E-state index contributed by atoms with van der Waals surface area (Å²) in [5.74, 6) is 0.825. The summed E-state index contributed by atoms with van der Waals surface area (Å²) in [6.07, 6.45) is 3.84. The molecule has 1 aromatic rings. The molecule has 1 aliphatic rings. The van der Waals surface area contributed by atoms with Gasteiger partial charge in [0.05, 0.1) is 0 Å². The normalized spacial score (nSPS) is 23.1. The maximum absolute atomic E-state index is 6.13. The highest BCUT2D eigenvalue weighted by molar-refractivity contribution is 9.10. The maximum atomic E-state index is 6.13. The van der Waals surface area contributed by atoms with Crippen molar-refractivity contribution in [3.8, 4) is 0 Å². The Hall–Kier alpha value is -0.0900. The van der Waals surface area contributed by atoms with Crippen LogP contribution in [0.2, 0.25) is 5.02 Å². The largest absolute Gasteiger partial charge is 0.329 e. The molecule has 0 aromatic heterocycles. The molecule has 0 bridgehead atoms. The van der Waals surface area contributed by atoms with Gasteiger partial charge in [0, 0.05) is 22.1 Å². The Labute approximate surface area is 129 Å². The number of halogens is 2. The van der Waals surface area contributed by atoms with Crippen LogP contribution in [0.4, 0.5) is 0 Å². The number of hydrogen-bond acceptors (Lipinski definition) is 2. The van der Waals surface area contributed by atoms with E-state index in [1.54, 1.807) is 0 Å². The smallest absolute Gasteiger partial charge is 0.0482 e. The average Bonchev–Trinajstić information content (AvgIpc) is 2.60. The molecule has 1 heterocycles. The van der Waals surface area contributed by atoms with Crippen LogP contribution in [0.5, 0.6) is 0 Å². The molecule has 2 rings (SSSR count). The average molecular weight is 346 g/mol. The van der Waals surface area contributed by atoms with E-state index >= 15 is 0 Å². The summed E-state index contributed by atoms with van der Waals surface area (Å²) < 4.78 is 1.10. The summed E-state index contributed by atoms with van der Waals surface area (Å²) in [6, 6.07) is 6.23. The first-order valence-electron chi connectivity index (χ1n) is 7.01. The molecule has 1 fully saturated rings. The zero-order valence-electron chi connectivity index (χ0n) is 11.4. The second kappa shape index (κ2) is 7.07. The van der Waals surface area contributed by atoms with Crippen LogP contribution in [-0.2, 0) is 0 Å². The Morgan fingerprint density at radius 1 is 1.42 bits per heavy atom. The zero-order chi connectivity index (χ0) is 13.8. The summed E-state index contributed by atoms with van der Waals surface area (Å²) >= 11 is 9.76. The van der Waals surface area contributed by atoms with Crippen molar-refractivity contribution in [2.24, 2.45) is 11.7 Å². The van der Waals surface area contributed by atoms with Gasteiger partial charge in [-0.3, -0.25) is 4.90 Å². The molecule has 0 radical (unpaired) electrons. The topological polar surface area (TPSA) is 29.3 Å². The van der Waals surface area contributed by atoms with Crippen molar-refractivity contribution >= 4 is 27.5 Å². The van der Waals surface area contributed by atoms with E-state index in [1.165, 1.54) is 24.8 Å². The van der Waals surface area contributed by atoms with Gasteiger partial charge in [0.2, 0.25) is 0 Å². The third-order valence-corrected chi connectivity index (χ3v) is 4.99. The standard InChI is InChI=1S/C15H22BrClN2/c1-11-3-2-7-19(8-6-11)15(10-18)13-9-12(17)4-5-14(13)16/h4-5,9,11,15H,2-3,6-8,10,18H2,1H3. The minimum atomic E-state index is 0.262. The first-order chi connectivity index (χ1) is 9.11. The fourth-order valence-electron chi connectivity index (χ4n) is 2.84. The van der Waals surface area contributed by atoms with E-state index in [9.17, 15) is 0 Å². The second-order valence-electron chi connectivity index (χ2n) is 5.49. The number of hydrogen-bond donors (Lipinski definition) is 1. The van der Waals surface area contributed by atoms with E-state index < -0.39 is 0 Å². The molecule has 4 heteroatoms. The molecule has 2 unspecified atom stereocenters. The molecular formula is C15H22BrClN2. The molecule has 19 heavy (non-hydrogen) atoms. The van der Waals surface area contributed by atoms with Gasteiger partial charge in [0.1, 0.15) is 0 Å². The van der Waals surface area contributed by atoms with Gasteiger partial charge in [0.15, 0.2) is 0 Å². The molecule has 0 spiro atoms. The third kappa shape index (κ3) is 3.94. The fraction of sp³-hybridized carbons (Fsp3) is 0.600. The third-order valence-electron chi connectivity index (χ3n) is 4.03. The molecule has 1 aliphatic heterocycles. The van der Waals surface area contributed by atoms with Crippen LogP contribution in [0.15, 0.2) is 22.7 Å². The van der Waals surface area contributed by atoms with Crippen LogP contribution in [0.3, 0.4) is 0 Å². The van der Waals surface area contributed by atoms with Gasteiger partial charge in [-0.1, -0.05) is 34.5 Å². The van der Waals surface area contributed by atoms with E-state index in [1.807, 2.05) is 18.2 Å². The SMILES string of the molecule is CC1CCCN(C(CN)c2cc(Cl)ccc2Br)CC1. The van der Waals surface area contributed by atoms with Crippen LogP contribution in [-0.4, -0.2) is 24.5 Å². The molecule has 2 N–H and O–H groups in total. The van der Waals surface area contributed by atoms with Crippen LogP contribution in [0.25, 0.3) is 0 Å². The second-order valence-corrected chi connectivity index (χ2v) is 6.78. The number of likely N-dealkylation sites (tertiary alicyclic amines) is 1. The summed E-state index contributed by atoms with van der Waals surface area (Å²) in [7, 11) is 0. The lowest BCUT2D eigenvalue weighted by atomic mass is 10.0. The van der Waals surface area contributed by atoms with Gasteiger partial charge in [-0.15, -0.1) is 0 Å². The van der Waals surface area contributed by atoms with Gasteiger partial charge in [-0.2, -0.15) is 0 Å². The van der Waals surface area contributed by atoms with Crippen molar-refractivity contribution in [3.63, 3.8) is 0 Å². The van der Waals surface area contributed by atoms with E-state index in [4.69, 9.17) is 17.3 Å². The zero-order valence-corrected chi connectivity index (χ0v) is 13.8. The van der Waals surface area contributed by atoms with Crippen molar-refractivity contribution < 1.29 is 0 Å². The summed E-state index contributed by atoms with van der Waals surface area (Å²) in [5.41, 5.74) is 7.25.